The maximum absolute atomic E-state index is 14.0. The minimum Gasteiger partial charge on any atom is -0.345 e. The minimum atomic E-state index is -1.00. The Balaban J connectivity index is 1.24. The summed E-state index contributed by atoms with van der Waals surface area (Å²) >= 11 is 0. The van der Waals surface area contributed by atoms with Crippen molar-refractivity contribution in [2.75, 3.05) is 18.4 Å². The van der Waals surface area contributed by atoms with Crippen molar-refractivity contribution in [1.29, 1.82) is 0 Å². The normalized spacial score (nSPS) is 21.1. The SMILES string of the molecule is CCC(C)[C@@H]1NC(=O)C(Cc2cn(Cc3ccc(C(=O)Nc4nn[nH]n4)cc3)c3ccccc23)NC(=O)CNC(=O)[C@H]2CCCCN2C1=O. The van der Waals surface area contributed by atoms with Crippen LogP contribution in [0, 0.1) is 5.92 Å². The van der Waals surface area contributed by atoms with Crippen LogP contribution in [0.1, 0.15) is 61.0 Å². The maximum atomic E-state index is 14.0. The highest BCUT2D eigenvalue weighted by molar-refractivity contribution is 6.03. The molecule has 0 radical (unpaired) electrons. The van der Waals surface area contributed by atoms with Gasteiger partial charge in [0.05, 0.1) is 6.54 Å². The number of anilines is 1. The van der Waals surface area contributed by atoms with E-state index in [0.29, 0.717) is 31.5 Å². The van der Waals surface area contributed by atoms with Crippen molar-refractivity contribution >= 4 is 46.4 Å². The van der Waals surface area contributed by atoms with Gasteiger partial charge in [0.15, 0.2) is 0 Å². The number of piperidine rings is 1. The molecule has 2 saturated heterocycles. The van der Waals surface area contributed by atoms with Gasteiger partial charge < -0.3 is 25.4 Å². The van der Waals surface area contributed by atoms with Crippen molar-refractivity contribution in [2.45, 2.75) is 70.6 Å². The van der Waals surface area contributed by atoms with Gasteiger partial charge in [-0.15, -0.1) is 5.10 Å². The molecule has 5 amide bonds. The summed E-state index contributed by atoms with van der Waals surface area (Å²) in [5, 5.41) is 25.1. The fourth-order valence-corrected chi connectivity index (χ4v) is 6.51. The number of rotatable bonds is 8. The van der Waals surface area contributed by atoms with Crippen molar-refractivity contribution in [3.05, 3.63) is 71.4 Å². The van der Waals surface area contributed by atoms with Gasteiger partial charge in [-0.05, 0) is 59.7 Å². The van der Waals surface area contributed by atoms with E-state index in [2.05, 4.69) is 46.5 Å². The second kappa shape index (κ2) is 14.7. The predicted octanol–water partition coefficient (Wildman–Crippen LogP) is 1.52. The molecule has 4 aromatic rings. The molecule has 0 bridgehead atoms. The van der Waals surface area contributed by atoms with E-state index in [1.165, 1.54) is 0 Å². The van der Waals surface area contributed by atoms with Gasteiger partial charge in [-0.3, -0.25) is 29.3 Å². The molecule has 0 saturated carbocycles. The quantitative estimate of drug-likeness (QED) is 0.186. The smallest absolute Gasteiger partial charge is 0.270 e. The lowest BCUT2D eigenvalue weighted by Crippen LogP contribution is -2.62. The van der Waals surface area contributed by atoms with Crippen LogP contribution in [0.15, 0.2) is 54.7 Å². The lowest BCUT2D eigenvalue weighted by Gasteiger charge is -2.39. The Morgan fingerprint density at radius 2 is 1.82 bits per heavy atom. The first kappa shape index (κ1) is 33.3. The van der Waals surface area contributed by atoms with Gasteiger partial charge >= 0.3 is 0 Å². The Hall–Kier alpha value is -5.60. The second-order valence-corrected chi connectivity index (χ2v) is 12.6. The molecule has 2 aromatic heterocycles. The van der Waals surface area contributed by atoms with Crippen molar-refractivity contribution in [3.63, 3.8) is 0 Å². The standard InChI is InChI=1S/C34H40N10O5/c1-3-20(2)29-33(49)44-15-7-6-10-27(44)32(48)35-17-28(45)36-25(31(47)37-29)16-23-19-43(26-9-5-4-8-24(23)26)18-21-11-13-22(14-12-21)30(46)38-34-39-41-42-40-34/h4-5,8-9,11-14,19-20,25,27,29H,3,6-7,10,15-18H2,1-2H3,(H,35,48)(H,36,45)(H,37,47)(H2,38,39,40,41,42,46)/t20?,25?,27-,29+/m1/s1. The van der Waals surface area contributed by atoms with Gasteiger partial charge in [-0.1, -0.05) is 55.7 Å². The van der Waals surface area contributed by atoms with Crippen LogP contribution < -0.4 is 21.3 Å². The second-order valence-electron chi connectivity index (χ2n) is 12.6. The Kier molecular flexibility index (Phi) is 9.97. The molecule has 4 atom stereocenters. The molecule has 2 unspecified atom stereocenters. The van der Waals surface area contributed by atoms with E-state index in [0.717, 1.165) is 34.9 Å². The number of carbonyl (C=O) groups excluding carboxylic acids is 5. The number of para-hydroxylation sites is 1. The van der Waals surface area contributed by atoms with Crippen molar-refractivity contribution in [1.82, 2.24) is 46.0 Å². The third kappa shape index (κ3) is 7.45. The molecule has 15 nitrogen and oxygen atoms in total. The van der Waals surface area contributed by atoms with E-state index in [1.54, 1.807) is 17.0 Å². The number of aromatic amines is 1. The molecule has 15 heteroatoms. The third-order valence-electron chi connectivity index (χ3n) is 9.38. The van der Waals surface area contributed by atoms with Gasteiger partial charge in [-0.2, -0.15) is 5.21 Å². The fraction of sp³-hybridized carbons (Fsp3) is 0.412. The number of tetrazole rings is 1. The lowest BCUT2D eigenvalue weighted by atomic mass is 9.93. The highest BCUT2D eigenvalue weighted by Gasteiger charge is 2.39. The molecule has 2 fully saturated rings. The summed E-state index contributed by atoms with van der Waals surface area (Å²) in [6.45, 7) is 4.45. The Morgan fingerprint density at radius 3 is 2.57 bits per heavy atom. The van der Waals surface area contributed by atoms with Crippen LogP contribution in [0.5, 0.6) is 0 Å². The first-order valence-electron chi connectivity index (χ1n) is 16.6. The van der Waals surface area contributed by atoms with E-state index in [-0.39, 0.29) is 42.6 Å². The van der Waals surface area contributed by atoms with E-state index >= 15 is 0 Å². The predicted molar refractivity (Wildman–Crippen MR) is 179 cm³/mol. The molecule has 2 aromatic carbocycles. The number of nitrogens with zero attached hydrogens (tertiary/aromatic N) is 5. The third-order valence-corrected chi connectivity index (χ3v) is 9.38. The maximum Gasteiger partial charge on any atom is 0.270 e. The number of fused-ring (bicyclic) bond motifs is 2. The van der Waals surface area contributed by atoms with Crippen LogP contribution in [-0.2, 0) is 32.1 Å². The molecule has 4 heterocycles. The van der Waals surface area contributed by atoms with E-state index in [1.807, 2.05) is 56.4 Å². The molecule has 2 aliphatic heterocycles. The van der Waals surface area contributed by atoms with Crippen molar-refractivity contribution < 1.29 is 24.0 Å². The number of hydrogen-bond acceptors (Lipinski definition) is 8. The first-order valence-corrected chi connectivity index (χ1v) is 16.6. The highest BCUT2D eigenvalue weighted by atomic mass is 16.2. The number of carbonyl (C=O) groups is 5. The highest BCUT2D eigenvalue weighted by Crippen LogP contribution is 2.25. The van der Waals surface area contributed by atoms with Crippen LogP contribution in [-0.4, -0.2) is 90.8 Å². The molecule has 0 aliphatic carbocycles. The minimum absolute atomic E-state index is 0.0780. The number of benzene rings is 2. The van der Waals surface area contributed by atoms with Crippen LogP contribution in [0.25, 0.3) is 10.9 Å². The lowest BCUT2D eigenvalue weighted by molar-refractivity contribution is -0.147. The van der Waals surface area contributed by atoms with E-state index in [4.69, 9.17) is 0 Å². The van der Waals surface area contributed by atoms with Crippen molar-refractivity contribution in [3.8, 4) is 0 Å². The topological polar surface area (TPSA) is 196 Å². The zero-order chi connectivity index (χ0) is 34.5. The largest absolute Gasteiger partial charge is 0.345 e. The number of hydrogen-bond donors (Lipinski definition) is 5. The van der Waals surface area contributed by atoms with Crippen LogP contribution >= 0.6 is 0 Å². The summed E-state index contributed by atoms with van der Waals surface area (Å²) in [7, 11) is 0. The number of aromatic nitrogens is 5. The summed E-state index contributed by atoms with van der Waals surface area (Å²) in [5.74, 6) is -2.07. The average molecular weight is 669 g/mol. The summed E-state index contributed by atoms with van der Waals surface area (Å²) < 4.78 is 2.05. The van der Waals surface area contributed by atoms with Gasteiger partial charge in [0.2, 0.25) is 23.6 Å². The van der Waals surface area contributed by atoms with Gasteiger partial charge in [-0.25, -0.2) is 0 Å². The Labute approximate surface area is 282 Å². The van der Waals surface area contributed by atoms with Crippen LogP contribution in [0.2, 0.25) is 0 Å². The van der Waals surface area contributed by atoms with E-state index < -0.39 is 29.9 Å². The van der Waals surface area contributed by atoms with Gasteiger partial charge in [0, 0.05) is 42.2 Å². The average Bonchev–Trinajstić information content (AvgIpc) is 3.76. The Morgan fingerprint density at radius 1 is 1.02 bits per heavy atom. The molecular formula is C34H40N10O5. The van der Waals surface area contributed by atoms with E-state index in [9.17, 15) is 24.0 Å². The molecular weight excluding hydrogens is 628 g/mol. The zero-order valence-corrected chi connectivity index (χ0v) is 27.4. The first-order chi connectivity index (χ1) is 23.7. The molecule has 6 rings (SSSR count). The fourth-order valence-electron chi connectivity index (χ4n) is 6.51. The summed E-state index contributed by atoms with van der Waals surface area (Å²) in [6.07, 6.45) is 4.82. The summed E-state index contributed by atoms with van der Waals surface area (Å²) in [5.41, 5.74) is 3.11. The molecule has 0 spiro atoms. The monoisotopic (exact) mass is 668 g/mol. The number of nitrogens with one attached hydrogen (secondary N) is 5. The Bertz CT molecular complexity index is 1840. The molecule has 5 N–H and O–H groups in total. The molecule has 256 valence electrons. The van der Waals surface area contributed by atoms with Crippen molar-refractivity contribution in [2.24, 2.45) is 5.92 Å². The molecule has 49 heavy (non-hydrogen) atoms. The molecule has 2 aliphatic rings. The summed E-state index contributed by atoms with van der Waals surface area (Å²) in [4.78, 5) is 68.3. The van der Waals surface area contributed by atoms with Crippen LogP contribution in [0.4, 0.5) is 5.95 Å². The van der Waals surface area contributed by atoms with Gasteiger partial charge in [0.25, 0.3) is 11.9 Å². The van der Waals surface area contributed by atoms with Gasteiger partial charge in [0.1, 0.15) is 18.1 Å². The zero-order valence-electron chi connectivity index (χ0n) is 27.4. The number of H-pyrrole nitrogens is 1. The number of amides is 5. The van der Waals surface area contributed by atoms with Crippen LogP contribution in [0.3, 0.4) is 0 Å². The summed E-state index contributed by atoms with van der Waals surface area (Å²) in [6, 6.07) is 12.4.